The van der Waals surface area contributed by atoms with Gasteiger partial charge in [0.1, 0.15) is 12.1 Å². The summed E-state index contributed by atoms with van der Waals surface area (Å²) in [6.45, 7) is 1.49. The predicted molar refractivity (Wildman–Crippen MR) is 106 cm³/mol. The molecule has 4 rings (SSSR count). The molecule has 29 heavy (non-hydrogen) atoms. The Morgan fingerprint density at radius 3 is 2.83 bits per heavy atom. The van der Waals surface area contributed by atoms with Crippen molar-refractivity contribution in [3.8, 4) is 0 Å². The van der Waals surface area contributed by atoms with Crippen molar-refractivity contribution >= 4 is 16.9 Å². The number of nitrogens with one attached hydrogen (secondary N) is 1. The summed E-state index contributed by atoms with van der Waals surface area (Å²) in [5.74, 6) is -1.10. The van der Waals surface area contributed by atoms with Gasteiger partial charge in [-0.25, -0.2) is 14.2 Å². The highest BCUT2D eigenvalue weighted by atomic mass is 19.1. The molecule has 6 nitrogen and oxygen atoms in total. The van der Waals surface area contributed by atoms with Gasteiger partial charge in [0, 0.05) is 30.2 Å². The van der Waals surface area contributed by atoms with Gasteiger partial charge in [0.25, 0.3) is 0 Å². The van der Waals surface area contributed by atoms with Crippen molar-refractivity contribution < 1.29 is 18.7 Å². The summed E-state index contributed by atoms with van der Waals surface area (Å²) < 4.78 is 18.9. The minimum atomic E-state index is -1.13. The number of carboxylic acid groups (broad SMARTS) is 1. The number of aromatic amines is 1. The summed E-state index contributed by atoms with van der Waals surface area (Å²) in [4.78, 5) is 20.4. The largest absolute Gasteiger partial charge is 0.476 e. The van der Waals surface area contributed by atoms with Crippen LogP contribution in [0.3, 0.4) is 0 Å². The zero-order valence-corrected chi connectivity index (χ0v) is 15.6. The monoisotopic (exact) mass is 393 g/mol. The van der Waals surface area contributed by atoms with E-state index >= 15 is 0 Å². The number of aromatic carboxylic acids is 1. The highest BCUT2D eigenvalue weighted by Crippen LogP contribution is 2.19. The molecule has 0 spiro atoms. The molecule has 2 N–H and O–H groups in total. The summed E-state index contributed by atoms with van der Waals surface area (Å²) in [7, 11) is 0. The maximum Gasteiger partial charge on any atom is 0.357 e. The van der Waals surface area contributed by atoms with E-state index in [1.807, 2.05) is 30.5 Å². The lowest BCUT2D eigenvalue weighted by atomic mass is 10.1. The van der Waals surface area contributed by atoms with Gasteiger partial charge in [-0.3, -0.25) is 4.90 Å². The maximum absolute atomic E-state index is 13.6. The number of rotatable bonds is 8. The SMILES string of the molecule is O=C(O)c1coc(CN(CCc2c[nH]c3ccccc23)Cc2cccc(F)c2)n1. The molecule has 148 valence electrons. The third-order valence-corrected chi connectivity index (χ3v) is 4.80. The first-order chi connectivity index (χ1) is 14.1. The Hall–Kier alpha value is -3.45. The van der Waals surface area contributed by atoms with E-state index in [0.29, 0.717) is 25.5 Å². The fraction of sp³-hybridized carbons (Fsp3) is 0.182. The molecule has 0 atom stereocenters. The topological polar surface area (TPSA) is 82.4 Å². The van der Waals surface area contributed by atoms with Crippen LogP contribution in [0.15, 0.2) is 65.4 Å². The van der Waals surface area contributed by atoms with Crippen molar-refractivity contribution in [2.45, 2.75) is 19.5 Å². The lowest BCUT2D eigenvalue weighted by Gasteiger charge is -2.21. The number of carboxylic acids is 1. The standard InChI is InChI=1S/C22H20FN3O3/c23-17-5-3-4-15(10-17)12-26(13-21-25-20(14-29-21)22(27)28)9-8-16-11-24-19-7-2-1-6-18(16)19/h1-7,10-11,14,24H,8-9,12-13H2,(H,27,28). The van der Waals surface area contributed by atoms with E-state index in [2.05, 4.69) is 20.9 Å². The van der Waals surface area contributed by atoms with E-state index < -0.39 is 5.97 Å². The molecule has 0 saturated carbocycles. The highest BCUT2D eigenvalue weighted by Gasteiger charge is 2.15. The van der Waals surface area contributed by atoms with E-state index in [4.69, 9.17) is 9.52 Å². The van der Waals surface area contributed by atoms with Crippen molar-refractivity contribution in [1.82, 2.24) is 14.9 Å². The van der Waals surface area contributed by atoms with E-state index in [-0.39, 0.29) is 11.5 Å². The molecule has 0 radical (unpaired) electrons. The van der Waals surface area contributed by atoms with Crippen LogP contribution in [0.4, 0.5) is 4.39 Å². The number of halogens is 1. The molecule has 0 aliphatic rings. The molecule has 7 heteroatoms. The quantitative estimate of drug-likeness (QED) is 0.468. The van der Waals surface area contributed by atoms with Crippen LogP contribution in [-0.4, -0.2) is 32.5 Å². The molecule has 4 aromatic rings. The lowest BCUT2D eigenvalue weighted by molar-refractivity contribution is 0.0690. The van der Waals surface area contributed by atoms with Crippen LogP contribution in [0.2, 0.25) is 0 Å². The van der Waals surface area contributed by atoms with Gasteiger partial charge < -0.3 is 14.5 Å². The van der Waals surface area contributed by atoms with Gasteiger partial charge in [0.2, 0.25) is 5.89 Å². The number of nitrogens with zero attached hydrogens (tertiary/aromatic N) is 2. The number of carbonyl (C=O) groups is 1. The minimum absolute atomic E-state index is 0.123. The van der Waals surface area contributed by atoms with Gasteiger partial charge in [0.05, 0.1) is 6.54 Å². The Morgan fingerprint density at radius 1 is 1.17 bits per heavy atom. The normalized spacial score (nSPS) is 11.4. The first-order valence-electron chi connectivity index (χ1n) is 9.28. The number of H-pyrrole nitrogens is 1. The average Bonchev–Trinajstić information content (AvgIpc) is 3.33. The molecule has 2 heterocycles. The van der Waals surface area contributed by atoms with E-state index in [0.717, 1.165) is 23.8 Å². The van der Waals surface area contributed by atoms with Crippen molar-refractivity contribution in [2.75, 3.05) is 6.54 Å². The van der Waals surface area contributed by atoms with Gasteiger partial charge in [-0.1, -0.05) is 30.3 Å². The Balaban J connectivity index is 1.52. The zero-order chi connectivity index (χ0) is 20.2. The number of para-hydroxylation sites is 1. The van der Waals surface area contributed by atoms with Crippen molar-refractivity contribution in [2.24, 2.45) is 0 Å². The summed E-state index contributed by atoms with van der Waals surface area (Å²) in [5.41, 5.74) is 2.97. The number of aromatic nitrogens is 2. The van der Waals surface area contributed by atoms with E-state index in [9.17, 15) is 9.18 Å². The average molecular weight is 393 g/mol. The first kappa shape index (κ1) is 18.9. The first-order valence-corrected chi connectivity index (χ1v) is 9.28. The molecule has 0 aliphatic heterocycles. The van der Waals surface area contributed by atoms with Crippen LogP contribution < -0.4 is 0 Å². The smallest absolute Gasteiger partial charge is 0.357 e. The van der Waals surface area contributed by atoms with Gasteiger partial charge in [-0.05, 0) is 35.7 Å². The second-order valence-corrected chi connectivity index (χ2v) is 6.88. The van der Waals surface area contributed by atoms with Crippen LogP contribution >= 0.6 is 0 Å². The van der Waals surface area contributed by atoms with E-state index in [1.165, 1.54) is 23.1 Å². The summed E-state index contributed by atoms with van der Waals surface area (Å²) in [5, 5.41) is 10.2. The van der Waals surface area contributed by atoms with Gasteiger partial charge >= 0.3 is 5.97 Å². The molecule has 0 bridgehead atoms. The lowest BCUT2D eigenvalue weighted by Crippen LogP contribution is -2.25. The van der Waals surface area contributed by atoms with Crippen LogP contribution in [0.1, 0.15) is 27.5 Å². The molecule has 2 aromatic heterocycles. The molecular formula is C22H20FN3O3. The third kappa shape index (κ3) is 4.52. The molecule has 0 saturated heterocycles. The van der Waals surface area contributed by atoms with Crippen LogP contribution in [0, 0.1) is 5.82 Å². The molecular weight excluding hydrogens is 373 g/mol. The molecule has 2 aromatic carbocycles. The third-order valence-electron chi connectivity index (χ3n) is 4.80. The number of benzene rings is 2. The molecule has 0 unspecified atom stereocenters. The minimum Gasteiger partial charge on any atom is -0.476 e. The van der Waals surface area contributed by atoms with Crippen LogP contribution in [0.25, 0.3) is 10.9 Å². The predicted octanol–water partition coefficient (Wildman–Crippen LogP) is 4.24. The Morgan fingerprint density at radius 2 is 2.03 bits per heavy atom. The second kappa shape index (κ2) is 8.28. The van der Waals surface area contributed by atoms with Crippen LogP contribution in [-0.2, 0) is 19.5 Å². The highest BCUT2D eigenvalue weighted by molar-refractivity contribution is 5.84. The fourth-order valence-electron chi connectivity index (χ4n) is 3.40. The van der Waals surface area contributed by atoms with Crippen molar-refractivity contribution in [3.63, 3.8) is 0 Å². The summed E-state index contributed by atoms with van der Waals surface area (Å²) in [6, 6.07) is 14.5. The second-order valence-electron chi connectivity index (χ2n) is 6.88. The Kier molecular flexibility index (Phi) is 5.39. The fourth-order valence-corrected chi connectivity index (χ4v) is 3.40. The van der Waals surface area contributed by atoms with Crippen LogP contribution in [0.5, 0.6) is 0 Å². The Bertz CT molecular complexity index is 1140. The van der Waals surface area contributed by atoms with Gasteiger partial charge in [0.15, 0.2) is 5.69 Å². The molecule has 0 aliphatic carbocycles. The van der Waals surface area contributed by atoms with Crippen molar-refractivity contribution in [1.29, 1.82) is 0 Å². The number of fused-ring (bicyclic) bond motifs is 1. The zero-order valence-electron chi connectivity index (χ0n) is 15.6. The Labute approximate surface area is 166 Å². The number of hydrogen-bond acceptors (Lipinski definition) is 4. The van der Waals surface area contributed by atoms with Crippen molar-refractivity contribution in [3.05, 3.63) is 89.5 Å². The number of hydrogen-bond donors (Lipinski definition) is 2. The van der Waals surface area contributed by atoms with Gasteiger partial charge in [-0.2, -0.15) is 0 Å². The summed E-state index contributed by atoms with van der Waals surface area (Å²) in [6.07, 6.45) is 3.90. The van der Waals surface area contributed by atoms with Gasteiger partial charge in [-0.15, -0.1) is 0 Å². The molecule has 0 fully saturated rings. The maximum atomic E-state index is 13.6. The van der Waals surface area contributed by atoms with E-state index in [1.54, 1.807) is 6.07 Å². The summed E-state index contributed by atoms with van der Waals surface area (Å²) >= 11 is 0. The molecule has 0 amide bonds. The number of oxazole rings is 1.